The van der Waals surface area contributed by atoms with E-state index in [4.69, 9.17) is 0 Å². The molecule has 2 aliphatic rings. The first-order valence-corrected chi connectivity index (χ1v) is 6.17. The number of carbonyl (C=O) groups is 1. The standard InChI is InChI=1S/C15H20O2/c1-9(2)11-5-6-15(4)8-13(16)14(17)10(3)12(15)7-11/h8,11,16H,1,5-7H2,2-4H3/t11-,15-/m1/s1. The lowest BCUT2D eigenvalue weighted by molar-refractivity contribution is -0.115. The van der Waals surface area contributed by atoms with E-state index in [1.165, 1.54) is 11.1 Å². The quantitative estimate of drug-likeness (QED) is 0.700. The molecule has 2 aliphatic carbocycles. The summed E-state index contributed by atoms with van der Waals surface area (Å²) in [5, 5.41) is 9.69. The van der Waals surface area contributed by atoms with Crippen molar-refractivity contribution in [1.29, 1.82) is 0 Å². The van der Waals surface area contributed by atoms with Crippen LogP contribution in [0.25, 0.3) is 0 Å². The third-order valence-corrected chi connectivity index (χ3v) is 4.33. The molecule has 0 radical (unpaired) electrons. The fourth-order valence-corrected chi connectivity index (χ4v) is 3.06. The van der Waals surface area contributed by atoms with Crippen LogP contribution in [0.15, 0.2) is 35.1 Å². The number of aliphatic hydroxyl groups is 1. The summed E-state index contributed by atoms with van der Waals surface area (Å²) in [7, 11) is 0. The van der Waals surface area contributed by atoms with Crippen LogP contribution in [-0.4, -0.2) is 10.9 Å². The minimum Gasteiger partial charge on any atom is -0.504 e. The van der Waals surface area contributed by atoms with E-state index in [0.29, 0.717) is 5.92 Å². The minimum atomic E-state index is -0.208. The number of hydrogen-bond acceptors (Lipinski definition) is 2. The number of aliphatic hydroxyl groups excluding tert-OH is 1. The molecule has 0 saturated heterocycles. The van der Waals surface area contributed by atoms with Gasteiger partial charge in [0.25, 0.3) is 0 Å². The molecule has 0 amide bonds. The fourth-order valence-electron chi connectivity index (χ4n) is 3.06. The SMILES string of the molecule is C=C(C)[C@@H]1CC[C@]2(C)C=C(O)C(=O)C(C)=C2C1. The van der Waals surface area contributed by atoms with E-state index in [1.54, 1.807) is 6.08 Å². The summed E-state index contributed by atoms with van der Waals surface area (Å²) >= 11 is 0. The van der Waals surface area contributed by atoms with Crippen LogP contribution < -0.4 is 0 Å². The van der Waals surface area contributed by atoms with Crippen LogP contribution in [0.5, 0.6) is 0 Å². The van der Waals surface area contributed by atoms with Gasteiger partial charge in [-0.2, -0.15) is 0 Å². The Bertz CT molecular complexity index is 454. The summed E-state index contributed by atoms with van der Waals surface area (Å²) in [5.41, 5.74) is 2.99. The highest BCUT2D eigenvalue weighted by Crippen LogP contribution is 2.49. The van der Waals surface area contributed by atoms with Gasteiger partial charge in [0, 0.05) is 11.0 Å². The normalized spacial score (nSPS) is 33.2. The topological polar surface area (TPSA) is 37.3 Å². The Morgan fingerprint density at radius 1 is 1.59 bits per heavy atom. The van der Waals surface area contributed by atoms with Gasteiger partial charge in [-0.05, 0) is 45.1 Å². The van der Waals surface area contributed by atoms with E-state index in [9.17, 15) is 9.90 Å². The second-order valence-electron chi connectivity index (χ2n) is 5.67. The predicted octanol–water partition coefficient (Wildman–Crippen LogP) is 3.71. The molecule has 0 bridgehead atoms. The predicted molar refractivity (Wildman–Crippen MR) is 68.7 cm³/mol. The summed E-state index contributed by atoms with van der Waals surface area (Å²) in [6.07, 6.45) is 4.72. The van der Waals surface area contributed by atoms with Gasteiger partial charge >= 0.3 is 0 Å². The zero-order chi connectivity index (χ0) is 12.8. The van der Waals surface area contributed by atoms with E-state index in [-0.39, 0.29) is 17.0 Å². The maximum absolute atomic E-state index is 11.8. The van der Waals surface area contributed by atoms with Crippen LogP contribution in [0.1, 0.15) is 40.0 Å². The lowest BCUT2D eigenvalue weighted by atomic mass is 9.63. The number of ketones is 1. The van der Waals surface area contributed by atoms with E-state index in [2.05, 4.69) is 20.4 Å². The van der Waals surface area contributed by atoms with E-state index in [0.717, 1.165) is 24.8 Å². The molecular weight excluding hydrogens is 212 g/mol. The number of fused-ring (bicyclic) bond motifs is 1. The van der Waals surface area contributed by atoms with Crippen LogP contribution in [0.2, 0.25) is 0 Å². The second kappa shape index (κ2) is 3.86. The smallest absolute Gasteiger partial charge is 0.222 e. The van der Waals surface area contributed by atoms with Gasteiger partial charge in [0.1, 0.15) is 0 Å². The Balaban J connectivity index is 2.41. The third kappa shape index (κ3) is 1.86. The molecule has 2 nitrogen and oxygen atoms in total. The van der Waals surface area contributed by atoms with Crippen LogP contribution in [0.4, 0.5) is 0 Å². The first-order chi connectivity index (χ1) is 7.85. The highest BCUT2D eigenvalue weighted by molar-refractivity contribution is 6.08. The molecule has 0 spiro atoms. The Labute approximate surface area is 103 Å². The third-order valence-electron chi connectivity index (χ3n) is 4.33. The first-order valence-electron chi connectivity index (χ1n) is 6.17. The number of rotatable bonds is 1. The van der Waals surface area contributed by atoms with Gasteiger partial charge in [-0.3, -0.25) is 4.79 Å². The van der Waals surface area contributed by atoms with Crippen molar-refractivity contribution in [2.75, 3.05) is 0 Å². The Morgan fingerprint density at radius 3 is 2.82 bits per heavy atom. The molecule has 0 heterocycles. The van der Waals surface area contributed by atoms with Gasteiger partial charge in [0.2, 0.25) is 5.78 Å². The highest BCUT2D eigenvalue weighted by atomic mass is 16.3. The van der Waals surface area contributed by atoms with E-state index >= 15 is 0 Å². The monoisotopic (exact) mass is 232 g/mol. The van der Waals surface area contributed by atoms with E-state index < -0.39 is 0 Å². The molecule has 0 aromatic rings. The van der Waals surface area contributed by atoms with Gasteiger partial charge in [0.05, 0.1) is 0 Å². The fraction of sp³-hybridized carbons (Fsp3) is 0.533. The van der Waals surface area contributed by atoms with Crippen molar-refractivity contribution >= 4 is 5.78 Å². The van der Waals surface area contributed by atoms with Crippen molar-refractivity contribution in [3.8, 4) is 0 Å². The average molecular weight is 232 g/mol. The van der Waals surface area contributed by atoms with Gasteiger partial charge < -0.3 is 5.11 Å². The summed E-state index contributed by atoms with van der Waals surface area (Å²) in [6, 6.07) is 0. The van der Waals surface area contributed by atoms with Crippen molar-refractivity contribution in [2.45, 2.75) is 40.0 Å². The highest BCUT2D eigenvalue weighted by Gasteiger charge is 2.40. The van der Waals surface area contributed by atoms with Crippen molar-refractivity contribution < 1.29 is 9.90 Å². The largest absolute Gasteiger partial charge is 0.504 e. The van der Waals surface area contributed by atoms with Gasteiger partial charge in [0.15, 0.2) is 5.76 Å². The van der Waals surface area contributed by atoms with Crippen molar-refractivity contribution in [1.82, 2.24) is 0 Å². The van der Waals surface area contributed by atoms with Gasteiger partial charge in [-0.1, -0.05) is 24.6 Å². The summed E-state index contributed by atoms with van der Waals surface area (Å²) < 4.78 is 0. The molecule has 1 saturated carbocycles. The zero-order valence-electron chi connectivity index (χ0n) is 10.8. The molecule has 0 aromatic heterocycles. The molecular formula is C15H20O2. The van der Waals surface area contributed by atoms with Crippen molar-refractivity contribution in [3.63, 3.8) is 0 Å². The maximum Gasteiger partial charge on any atom is 0.222 e. The number of Topliss-reactive ketones (excluding diaryl/α,β-unsaturated/α-hetero) is 1. The van der Waals surface area contributed by atoms with E-state index in [1.807, 2.05) is 6.92 Å². The van der Waals surface area contributed by atoms with Crippen molar-refractivity contribution in [3.05, 3.63) is 35.1 Å². The van der Waals surface area contributed by atoms with Gasteiger partial charge in [-0.25, -0.2) is 0 Å². The van der Waals surface area contributed by atoms with Crippen LogP contribution in [0.3, 0.4) is 0 Å². The Morgan fingerprint density at radius 2 is 2.24 bits per heavy atom. The molecule has 2 atom stereocenters. The molecule has 2 rings (SSSR count). The average Bonchev–Trinajstić information content (AvgIpc) is 2.25. The lowest BCUT2D eigenvalue weighted by Crippen LogP contribution is -2.32. The molecule has 1 fully saturated rings. The van der Waals surface area contributed by atoms with Crippen LogP contribution >= 0.6 is 0 Å². The summed E-state index contributed by atoms with van der Waals surface area (Å²) in [5.74, 6) is 0.192. The van der Waals surface area contributed by atoms with Crippen molar-refractivity contribution in [2.24, 2.45) is 11.3 Å². The number of carbonyl (C=O) groups excluding carboxylic acids is 1. The Kier molecular flexibility index (Phi) is 2.76. The molecule has 17 heavy (non-hydrogen) atoms. The van der Waals surface area contributed by atoms with Crippen LogP contribution in [0, 0.1) is 11.3 Å². The zero-order valence-corrected chi connectivity index (χ0v) is 10.8. The molecule has 0 aliphatic heterocycles. The minimum absolute atomic E-state index is 0.0810. The number of allylic oxidation sites excluding steroid dienone is 4. The van der Waals surface area contributed by atoms with Crippen LogP contribution in [-0.2, 0) is 4.79 Å². The molecule has 1 N–H and O–H groups in total. The summed E-state index contributed by atoms with van der Waals surface area (Å²) in [6.45, 7) is 10.0. The first kappa shape index (κ1) is 12.2. The maximum atomic E-state index is 11.8. The lowest BCUT2D eigenvalue weighted by Gasteiger charge is -2.41. The number of hydrogen-bond donors (Lipinski definition) is 1. The summed E-state index contributed by atoms with van der Waals surface area (Å²) in [4.78, 5) is 11.8. The molecule has 0 unspecified atom stereocenters. The second-order valence-corrected chi connectivity index (χ2v) is 5.67. The molecule has 0 aromatic carbocycles. The Hall–Kier alpha value is -1.31. The molecule has 92 valence electrons. The molecule has 2 heteroatoms. The van der Waals surface area contributed by atoms with Gasteiger partial charge in [-0.15, -0.1) is 0 Å².